The molecule has 0 aliphatic rings. The first kappa shape index (κ1) is 7.53. The number of nitrogens with zero attached hydrogens (tertiary/aromatic N) is 1. The van der Waals surface area contributed by atoms with Crippen molar-refractivity contribution in [2.45, 2.75) is 6.92 Å². The quantitative estimate of drug-likeness (QED) is 0.549. The Labute approximate surface area is 63.1 Å². The van der Waals surface area contributed by atoms with E-state index >= 15 is 0 Å². The van der Waals surface area contributed by atoms with E-state index in [-0.39, 0.29) is 17.0 Å². The molecule has 0 unspecified atom stereocenters. The standard InChI is InChI=1S/C7H7NO3/c1-4-6(9)3-2-5(8-11)7(4)10/h2-3,9-10H,1H3/p-2. The summed E-state index contributed by atoms with van der Waals surface area (Å²) >= 11 is 0. The maximum Gasteiger partial charge on any atom is 0.0999 e. The molecule has 0 aliphatic heterocycles. The van der Waals surface area contributed by atoms with Crippen molar-refractivity contribution >= 4 is 5.69 Å². The molecule has 58 valence electrons. The van der Waals surface area contributed by atoms with Crippen LogP contribution in [0.2, 0.25) is 0 Å². The van der Waals surface area contributed by atoms with E-state index in [1.165, 1.54) is 6.92 Å². The van der Waals surface area contributed by atoms with Gasteiger partial charge in [-0.2, -0.15) is 0 Å². The van der Waals surface area contributed by atoms with Crippen molar-refractivity contribution in [2.75, 3.05) is 0 Å². The van der Waals surface area contributed by atoms with Gasteiger partial charge in [0.05, 0.1) is 5.69 Å². The van der Waals surface area contributed by atoms with Crippen LogP contribution < -0.4 is 10.2 Å². The van der Waals surface area contributed by atoms with E-state index in [0.717, 1.165) is 12.1 Å². The fourth-order valence-electron chi connectivity index (χ4n) is 0.731. The summed E-state index contributed by atoms with van der Waals surface area (Å²) in [6.45, 7) is 1.37. The second kappa shape index (κ2) is 2.57. The van der Waals surface area contributed by atoms with Crippen LogP contribution in [0.1, 0.15) is 5.56 Å². The van der Waals surface area contributed by atoms with E-state index in [4.69, 9.17) is 0 Å². The van der Waals surface area contributed by atoms with E-state index in [1.54, 1.807) is 0 Å². The van der Waals surface area contributed by atoms with Crippen LogP contribution >= 0.6 is 0 Å². The lowest BCUT2D eigenvalue weighted by Crippen LogP contribution is -1.99. The van der Waals surface area contributed by atoms with Crippen molar-refractivity contribution in [1.29, 1.82) is 0 Å². The summed E-state index contributed by atoms with van der Waals surface area (Å²) < 4.78 is 0. The monoisotopic (exact) mass is 151 g/mol. The van der Waals surface area contributed by atoms with E-state index < -0.39 is 5.75 Å². The van der Waals surface area contributed by atoms with Crippen LogP contribution in [0.4, 0.5) is 5.69 Å². The summed E-state index contributed by atoms with van der Waals surface area (Å²) in [4.78, 5) is 9.94. The third-order valence-corrected chi connectivity index (χ3v) is 1.43. The average molecular weight is 151 g/mol. The Morgan fingerprint density at radius 2 is 2.00 bits per heavy atom. The van der Waals surface area contributed by atoms with Gasteiger partial charge in [0.2, 0.25) is 0 Å². The van der Waals surface area contributed by atoms with Gasteiger partial charge < -0.3 is 10.2 Å². The van der Waals surface area contributed by atoms with Crippen molar-refractivity contribution in [3.05, 3.63) is 22.6 Å². The molecule has 11 heavy (non-hydrogen) atoms. The molecule has 1 rings (SSSR count). The fraction of sp³-hybridized carbons (Fsp3) is 0.143. The number of rotatable bonds is 1. The van der Waals surface area contributed by atoms with Gasteiger partial charge in [-0.3, -0.25) is 0 Å². The topological polar surface area (TPSA) is 75.5 Å². The molecule has 0 radical (unpaired) electrons. The minimum atomic E-state index is -0.576. The number of nitroso groups, excluding NO2 is 1. The summed E-state index contributed by atoms with van der Waals surface area (Å²) in [5.41, 5.74) is -0.163. The zero-order chi connectivity index (χ0) is 8.43. The van der Waals surface area contributed by atoms with Crippen molar-refractivity contribution < 1.29 is 10.2 Å². The number of hydrogen-bond acceptors (Lipinski definition) is 4. The molecule has 0 fully saturated rings. The molecule has 0 saturated carbocycles. The van der Waals surface area contributed by atoms with E-state index in [1.807, 2.05) is 0 Å². The Bertz CT molecular complexity index is 296. The summed E-state index contributed by atoms with van der Waals surface area (Å²) in [7, 11) is 0. The first-order valence-corrected chi connectivity index (χ1v) is 2.98. The average Bonchev–Trinajstić information content (AvgIpc) is 2.01. The van der Waals surface area contributed by atoms with Crippen LogP contribution in [0.15, 0.2) is 17.3 Å². The Morgan fingerprint density at radius 1 is 1.36 bits per heavy atom. The highest BCUT2D eigenvalue weighted by Crippen LogP contribution is 2.30. The van der Waals surface area contributed by atoms with Gasteiger partial charge in [-0.1, -0.05) is 17.4 Å². The lowest BCUT2D eigenvalue weighted by atomic mass is 10.2. The lowest BCUT2D eigenvalue weighted by Gasteiger charge is -2.18. The molecule has 0 aromatic heterocycles. The highest BCUT2D eigenvalue weighted by atomic mass is 16.3. The van der Waals surface area contributed by atoms with Crippen LogP contribution in [0, 0.1) is 11.8 Å². The zero-order valence-corrected chi connectivity index (χ0v) is 5.83. The predicted octanol–water partition coefficient (Wildman–Crippen LogP) is 0.540. The summed E-state index contributed by atoms with van der Waals surface area (Å²) in [6, 6.07) is 2.29. The largest absolute Gasteiger partial charge is 0.872 e. The van der Waals surface area contributed by atoms with Crippen LogP contribution in [0.3, 0.4) is 0 Å². The highest BCUT2D eigenvalue weighted by molar-refractivity contribution is 5.57. The van der Waals surface area contributed by atoms with Crippen molar-refractivity contribution in [3.63, 3.8) is 0 Å². The third kappa shape index (κ3) is 1.14. The lowest BCUT2D eigenvalue weighted by molar-refractivity contribution is -0.281. The zero-order valence-electron chi connectivity index (χ0n) is 5.83. The van der Waals surface area contributed by atoms with Gasteiger partial charge in [0.25, 0.3) is 0 Å². The Morgan fingerprint density at radius 3 is 2.55 bits per heavy atom. The first-order chi connectivity index (χ1) is 5.16. The van der Waals surface area contributed by atoms with Gasteiger partial charge in [-0.05, 0) is 18.2 Å². The van der Waals surface area contributed by atoms with Crippen molar-refractivity contribution in [2.24, 2.45) is 5.18 Å². The summed E-state index contributed by atoms with van der Waals surface area (Å²) in [6.07, 6.45) is 0. The number of benzene rings is 1. The molecular formula is C7H5NO3-2. The molecule has 0 heterocycles. The summed E-state index contributed by atoms with van der Waals surface area (Å²) in [5.74, 6) is -0.935. The molecule has 4 nitrogen and oxygen atoms in total. The van der Waals surface area contributed by atoms with Gasteiger partial charge in [0.1, 0.15) is 0 Å². The molecule has 0 bridgehead atoms. The van der Waals surface area contributed by atoms with Gasteiger partial charge in [0.15, 0.2) is 0 Å². The minimum absolute atomic E-state index is 0.0436. The van der Waals surface area contributed by atoms with E-state index in [9.17, 15) is 15.1 Å². The third-order valence-electron chi connectivity index (χ3n) is 1.43. The first-order valence-electron chi connectivity index (χ1n) is 2.98. The normalized spacial score (nSPS) is 9.55. The Hall–Kier alpha value is -1.58. The van der Waals surface area contributed by atoms with Crippen LogP contribution in [0.25, 0.3) is 0 Å². The molecular weight excluding hydrogens is 146 g/mol. The van der Waals surface area contributed by atoms with Gasteiger partial charge in [-0.15, -0.1) is 10.7 Å². The molecule has 1 aromatic carbocycles. The van der Waals surface area contributed by atoms with Crippen LogP contribution in [-0.2, 0) is 0 Å². The van der Waals surface area contributed by atoms with Crippen molar-refractivity contribution in [3.8, 4) is 11.5 Å². The molecule has 0 saturated heterocycles. The minimum Gasteiger partial charge on any atom is -0.872 e. The second-order valence-electron chi connectivity index (χ2n) is 2.13. The second-order valence-corrected chi connectivity index (χ2v) is 2.13. The molecule has 1 aromatic rings. The maximum atomic E-state index is 10.9. The molecule has 4 heteroatoms. The summed E-state index contributed by atoms with van der Waals surface area (Å²) in [5, 5.41) is 24.2. The SMILES string of the molecule is Cc1c([O-])ccc(N=O)c1[O-]. The van der Waals surface area contributed by atoms with E-state index in [2.05, 4.69) is 5.18 Å². The Kier molecular flexibility index (Phi) is 1.76. The van der Waals surface area contributed by atoms with Crippen LogP contribution in [0.5, 0.6) is 11.5 Å². The van der Waals surface area contributed by atoms with Gasteiger partial charge >= 0.3 is 0 Å². The molecule has 0 N–H and O–H groups in total. The van der Waals surface area contributed by atoms with Gasteiger partial charge in [-0.25, -0.2) is 0 Å². The molecule has 0 amide bonds. The highest BCUT2D eigenvalue weighted by Gasteiger charge is 1.95. The molecule has 0 spiro atoms. The van der Waals surface area contributed by atoms with E-state index in [0.29, 0.717) is 0 Å². The van der Waals surface area contributed by atoms with Gasteiger partial charge in [0, 0.05) is 0 Å². The predicted molar refractivity (Wildman–Crippen MR) is 35.5 cm³/mol. The fourth-order valence-corrected chi connectivity index (χ4v) is 0.731. The number of hydrogen-bond donors (Lipinski definition) is 0. The van der Waals surface area contributed by atoms with Crippen molar-refractivity contribution in [1.82, 2.24) is 0 Å². The maximum absolute atomic E-state index is 10.9. The Balaban J connectivity index is 3.36. The smallest absolute Gasteiger partial charge is 0.0999 e. The molecule has 0 atom stereocenters. The molecule has 0 aliphatic carbocycles. The van der Waals surface area contributed by atoms with Crippen LogP contribution in [-0.4, -0.2) is 0 Å².